The van der Waals surface area contributed by atoms with Crippen molar-refractivity contribution in [3.8, 4) is 63.2 Å². The van der Waals surface area contributed by atoms with Crippen molar-refractivity contribution in [3.63, 3.8) is 0 Å². The Morgan fingerprint density at radius 1 is 0.441 bits per heavy atom. The molecule has 0 N–H and O–H groups in total. The molecule has 538 valence electrons. The Morgan fingerprint density at radius 3 is 1.32 bits per heavy atom. The molecule has 0 heterocycles. The highest BCUT2D eigenvalue weighted by molar-refractivity contribution is 5.92. The molecule has 0 aliphatic heterocycles. The first-order valence-corrected chi connectivity index (χ1v) is 34.4. The molecular weight excluding hydrogens is 1300 g/mol. The number of esters is 5. The summed E-state index contributed by atoms with van der Waals surface area (Å²) in [4.78, 5) is 67.8. The van der Waals surface area contributed by atoms with Gasteiger partial charge < -0.3 is 52.1 Å². The Hall–Kier alpha value is -10.9. The summed E-state index contributed by atoms with van der Waals surface area (Å²) in [6.45, 7) is 21.4. The van der Waals surface area contributed by atoms with E-state index in [4.69, 9.17) is 67.1 Å². The minimum absolute atomic E-state index is 0.00336. The lowest BCUT2D eigenvalue weighted by Crippen LogP contribution is -2.13. The second-order valence-electron chi connectivity index (χ2n) is 23.3. The molecule has 0 saturated heterocycles. The van der Waals surface area contributed by atoms with E-state index < -0.39 is 17.9 Å². The number of hydrogen-bond donors (Lipinski definition) is 0. The molecule has 7 aromatic rings. The van der Waals surface area contributed by atoms with Crippen LogP contribution in [0.5, 0.6) is 46.0 Å². The minimum atomic E-state index is -0.502. The van der Waals surface area contributed by atoms with Gasteiger partial charge in [-0.3, -0.25) is 0 Å². The third kappa shape index (κ3) is 31.1. The summed E-state index contributed by atoms with van der Waals surface area (Å²) >= 11 is 0. The van der Waals surface area contributed by atoms with Gasteiger partial charge in [-0.1, -0.05) is 82.0 Å². The topological polar surface area (TPSA) is 229 Å². The second kappa shape index (κ2) is 47.2. The van der Waals surface area contributed by atoms with E-state index in [2.05, 4.69) is 51.4 Å². The number of aryl methyl sites for hydroxylation is 1. The number of nitrogens with zero attached hydrogens (tertiary/aromatic N) is 1. The van der Waals surface area contributed by atoms with E-state index in [0.717, 1.165) is 71.9 Å². The lowest BCUT2D eigenvalue weighted by atomic mass is 9.77. The molecule has 7 aromatic carbocycles. The molecule has 8 rings (SSSR count). The van der Waals surface area contributed by atoms with Crippen LogP contribution in [-0.4, -0.2) is 96.1 Å². The van der Waals surface area contributed by atoms with Crippen LogP contribution in [-0.2, 0) is 38.4 Å². The summed E-state index contributed by atoms with van der Waals surface area (Å²) in [5, 5.41) is 8.80. The fourth-order valence-corrected chi connectivity index (χ4v) is 10.2. The summed E-state index contributed by atoms with van der Waals surface area (Å²) < 4.78 is 59.8. The lowest BCUT2D eigenvalue weighted by Gasteiger charge is -2.28. The zero-order valence-corrected chi connectivity index (χ0v) is 58.4. The van der Waals surface area contributed by atoms with Gasteiger partial charge in [-0.2, -0.15) is 5.26 Å². The first kappa shape index (κ1) is 80.0. The molecule has 0 amide bonds. The molecule has 102 heavy (non-hydrogen) atoms. The van der Waals surface area contributed by atoms with Gasteiger partial charge in [-0.05, 0) is 220 Å². The summed E-state index contributed by atoms with van der Waals surface area (Å²) in [7, 11) is 0. The molecular formula is C83H93NO18. The van der Waals surface area contributed by atoms with E-state index in [1.54, 1.807) is 97.1 Å². The van der Waals surface area contributed by atoms with Crippen LogP contribution >= 0.6 is 0 Å². The highest BCUT2D eigenvalue weighted by Crippen LogP contribution is 2.38. The normalized spacial score (nSPS) is 12.6. The van der Waals surface area contributed by atoms with Gasteiger partial charge in [0.05, 0.1) is 75.6 Å². The number of rotatable bonds is 41. The smallest absolute Gasteiger partial charge is 0.343 e. The van der Waals surface area contributed by atoms with Crippen molar-refractivity contribution in [1.82, 2.24) is 0 Å². The summed E-state index contributed by atoms with van der Waals surface area (Å²) in [5.74, 6) is 4.36. The summed E-state index contributed by atoms with van der Waals surface area (Å²) in [6, 6.07) is 51.2. The van der Waals surface area contributed by atoms with Crippen molar-refractivity contribution in [2.45, 2.75) is 103 Å². The average Bonchev–Trinajstić information content (AvgIpc) is 0.862. The zero-order valence-electron chi connectivity index (χ0n) is 58.4. The molecule has 19 nitrogen and oxygen atoms in total. The number of carbonyl (C=O) groups is 5. The molecule has 0 atom stereocenters. The Labute approximate surface area is 599 Å². The monoisotopic (exact) mass is 1390 g/mol. The number of hydrogen-bond acceptors (Lipinski definition) is 19. The van der Waals surface area contributed by atoms with Gasteiger partial charge in [0.25, 0.3) is 0 Å². The van der Waals surface area contributed by atoms with E-state index >= 15 is 0 Å². The van der Waals surface area contributed by atoms with Crippen LogP contribution in [0.1, 0.15) is 134 Å². The standard InChI is InChI=1S/C33H36O10.C31H40O5.C19H17NO3/c1-4-18-41-42-22-7-20-37-28-12-14-29(15-13-28)39-24-40-31-17-16-30(23-25(31)3)43-33(35)26-8-10-27(11-9-26)36-19-6-21-38-32(34)5-2;1-3-9-24-10-12-25(13-11-24)26-14-20-29(21-15-26)36-31(33)27-16-18-28(19-17-27)34-22-7-5-6-8-23-35-30(32)4-2;1-2-19(21)23-13-3-12-22-18-10-8-17(9-11-18)16-6-4-15(14-20)5-7-16/h4-5,8-17,23H,1-2,6-7,18-22,24H2,3H3;4,14-21,24-25H,2-3,5-13,22-23H2,1H3;2,4-11H,1,3,12-13H2. The molecule has 0 unspecified atom stereocenters. The molecule has 1 aliphatic rings. The van der Waals surface area contributed by atoms with Gasteiger partial charge in [-0.15, -0.1) is 6.58 Å². The average molecular weight is 1390 g/mol. The van der Waals surface area contributed by atoms with Crippen molar-refractivity contribution in [2.75, 3.05) is 66.3 Å². The first-order chi connectivity index (χ1) is 49.8. The summed E-state index contributed by atoms with van der Waals surface area (Å²) in [6.07, 6.45) is 18.4. The molecule has 1 aliphatic carbocycles. The van der Waals surface area contributed by atoms with Crippen LogP contribution in [0, 0.1) is 24.2 Å². The quantitative estimate of drug-likeness (QED) is 0.00399. The SMILES string of the molecule is C=CC(=O)OCCCCCCOc1ccc(C(=O)Oc2ccc(C3CCC(CCC)CC3)cc2)cc1.C=CC(=O)OCCCOc1ccc(-c2ccc(C#N)cc2)cc1.C=CCOOCCCOc1ccc(OCOc2ccc(OC(=O)c3ccc(OCCCOC(=O)C=C)cc3)cc2C)cc1. The minimum Gasteiger partial charge on any atom is -0.494 e. The second-order valence-corrected chi connectivity index (χ2v) is 23.3. The summed E-state index contributed by atoms with van der Waals surface area (Å²) in [5.41, 5.74) is 5.74. The highest BCUT2D eigenvalue weighted by atomic mass is 17.2. The number of nitriles is 1. The van der Waals surface area contributed by atoms with Crippen LogP contribution in [0.4, 0.5) is 0 Å². The predicted molar refractivity (Wildman–Crippen MR) is 389 cm³/mol. The zero-order chi connectivity index (χ0) is 72.8. The van der Waals surface area contributed by atoms with Gasteiger partial charge in [0.15, 0.2) is 0 Å². The number of carbonyl (C=O) groups excluding carboxylic acids is 5. The number of unbranched alkanes of at least 4 members (excludes halogenated alkanes) is 3. The fraction of sp³-hybridized carbons (Fsp3) is 0.325. The van der Waals surface area contributed by atoms with Crippen LogP contribution in [0.15, 0.2) is 214 Å². The van der Waals surface area contributed by atoms with E-state index in [1.165, 1.54) is 50.2 Å². The Balaban J connectivity index is 0.000000251. The Morgan fingerprint density at radius 2 is 0.853 bits per heavy atom. The van der Waals surface area contributed by atoms with Crippen molar-refractivity contribution in [1.29, 1.82) is 5.26 Å². The third-order valence-corrected chi connectivity index (χ3v) is 15.7. The molecule has 0 aromatic heterocycles. The fourth-order valence-electron chi connectivity index (χ4n) is 10.2. The van der Waals surface area contributed by atoms with Gasteiger partial charge in [0.2, 0.25) is 6.79 Å². The molecule has 1 fully saturated rings. The number of benzene rings is 7. The van der Waals surface area contributed by atoms with Gasteiger partial charge in [-0.25, -0.2) is 33.7 Å². The maximum absolute atomic E-state index is 12.6. The van der Waals surface area contributed by atoms with Gasteiger partial charge >= 0.3 is 29.8 Å². The lowest BCUT2D eigenvalue weighted by molar-refractivity contribution is -0.287. The van der Waals surface area contributed by atoms with E-state index in [9.17, 15) is 24.0 Å². The van der Waals surface area contributed by atoms with Crippen molar-refractivity contribution >= 4 is 29.8 Å². The molecule has 0 radical (unpaired) electrons. The molecule has 1 saturated carbocycles. The largest absolute Gasteiger partial charge is 0.494 e. The van der Waals surface area contributed by atoms with Gasteiger partial charge in [0.1, 0.15) is 52.6 Å². The third-order valence-electron chi connectivity index (χ3n) is 15.7. The Bertz CT molecular complexity index is 3710. The molecule has 0 spiro atoms. The van der Waals surface area contributed by atoms with Crippen LogP contribution in [0.25, 0.3) is 11.1 Å². The van der Waals surface area contributed by atoms with E-state index in [-0.39, 0.29) is 25.3 Å². The first-order valence-electron chi connectivity index (χ1n) is 34.4. The van der Waals surface area contributed by atoms with Crippen LogP contribution < -0.4 is 37.9 Å². The Kier molecular flexibility index (Phi) is 37.0. The van der Waals surface area contributed by atoms with Crippen LogP contribution in [0.3, 0.4) is 0 Å². The number of ether oxygens (including phenoxy) is 11. The maximum Gasteiger partial charge on any atom is 0.343 e. The van der Waals surface area contributed by atoms with E-state index in [0.29, 0.717) is 129 Å². The van der Waals surface area contributed by atoms with Crippen LogP contribution in [0.2, 0.25) is 0 Å². The van der Waals surface area contributed by atoms with Gasteiger partial charge in [0, 0.05) is 37.5 Å². The maximum atomic E-state index is 12.6. The van der Waals surface area contributed by atoms with E-state index in [1.807, 2.05) is 67.6 Å². The molecule has 0 bridgehead atoms. The highest BCUT2D eigenvalue weighted by Gasteiger charge is 2.22. The van der Waals surface area contributed by atoms with Crippen molar-refractivity contribution < 1.29 is 85.9 Å². The predicted octanol–water partition coefficient (Wildman–Crippen LogP) is 17.4. The molecule has 19 heteroatoms. The van der Waals surface area contributed by atoms with Crippen molar-refractivity contribution in [2.24, 2.45) is 5.92 Å². The van der Waals surface area contributed by atoms with Crippen molar-refractivity contribution in [3.05, 3.63) is 242 Å².